The first-order valence-corrected chi connectivity index (χ1v) is 11.2. The van der Waals surface area contributed by atoms with Crippen LogP contribution in [0.4, 0.5) is 0 Å². The second kappa shape index (κ2) is 9.23. The molecule has 1 N–H and O–H groups in total. The molecular formula is C24H35N3O. The van der Waals surface area contributed by atoms with Crippen LogP contribution in [0.3, 0.4) is 0 Å². The van der Waals surface area contributed by atoms with E-state index in [1.807, 2.05) is 0 Å². The van der Waals surface area contributed by atoms with Crippen molar-refractivity contribution in [1.82, 2.24) is 15.1 Å². The van der Waals surface area contributed by atoms with Crippen LogP contribution in [0.2, 0.25) is 0 Å². The quantitative estimate of drug-likeness (QED) is 0.819. The van der Waals surface area contributed by atoms with Gasteiger partial charge in [-0.2, -0.15) is 0 Å². The summed E-state index contributed by atoms with van der Waals surface area (Å²) in [5, 5.41) is 3.22. The van der Waals surface area contributed by atoms with Gasteiger partial charge in [0, 0.05) is 25.2 Å². The van der Waals surface area contributed by atoms with E-state index in [0.717, 1.165) is 19.5 Å². The molecule has 2 saturated heterocycles. The number of hydrogen-bond acceptors (Lipinski definition) is 3. The first-order chi connectivity index (χ1) is 13.7. The summed E-state index contributed by atoms with van der Waals surface area (Å²) in [6.45, 7) is 7.78. The van der Waals surface area contributed by atoms with Gasteiger partial charge in [-0.15, -0.1) is 0 Å². The van der Waals surface area contributed by atoms with Crippen LogP contribution >= 0.6 is 0 Å². The standard InChI is InChI=1S/C24H35N3O/c1-19(16-20-6-3-2-4-7-20)17-26-14-11-23(12-15-26)27-13-5-8-21(18-27)24(28)25-22-9-10-22/h2-4,6-7,16,21-23H,5,8-15,17-18H2,1H3,(H,25,28). The van der Waals surface area contributed by atoms with Gasteiger partial charge in [-0.1, -0.05) is 42.0 Å². The van der Waals surface area contributed by atoms with Gasteiger partial charge in [-0.3, -0.25) is 14.6 Å². The van der Waals surface area contributed by atoms with Crippen molar-refractivity contribution in [1.29, 1.82) is 0 Å². The largest absolute Gasteiger partial charge is 0.353 e. The number of nitrogens with zero attached hydrogens (tertiary/aromatic N) is 2. The summed E-state index contributed by atoms with van der Waals surface area (Å²) in [5.41, 5.74) is 2.72. The number of carbonyl (C=O) groups is 1. The Morgan fingerprint density at radius 1 is 1.07 bits per heavy atom. The first-order valence-electron chi connectivity index (χ1n) is 11.2. The van der Waals surface area contributed by atoms with Gasteiger partial charge >= 0.3 is 0 Å². The third-order valence-corrected chi connectivity index (χ3v) is 6.51. The van der Waals surface area contributed by atoms with E-state index in [1.54, 1.807) is 0 Å². The van der Waals surface area contributed by atoms with Gasteiger partial charge in [0.25, 0.3) is 0 Å². The molecule has 2 heterocycles. The van der Waals surface area contributed by atoms with E-state index >= 15 is 0 Å². The van der Waals surface area contributed by atoms with Crippen LogP contribution in [0.15, 0.2) is 35.9 Å². The molecule has 4 heteroatoms. The van der Waals surface area contributed by atoms with Crippen LogP contribution < -0.4 is 5.32 Å². The van der Waals surface area contributed by atoms with Crippen LogP contribution in [-0.2, 0) is 4.79 Å². The fourth-order valence-corrected chi connectivity index (χ4v) is 4.77. The van der Waals surface area contributed by atoms with Gasteiger partial charge in [0.1, 0.15) is 0 Å². The third-order valence-electron chi connectivity index (χ3n) is 6.51. The number of rotatable bonds is 6. The van der Waals surface area contributed by atoms with Crippen molar-refractivity contribution < 1.29 is 4.79 Å². The number of hydrogen-bond donors (Lipinski definition) is 1. The molecule has 4 rings (SSSR count). The summed E-state index contributed by atoms with van der Waals surface area (Å²) in [6, 6.07) is 11.7. The zero-order chi connectivity index (χ0) is 19.3. The van der Waals surface area contributed by atoms with Crippen LogP contribution in [0.1, 0.15) is 51.0 Å². The number of amides is 1. The number of likely N-dealkylation sites (tertiary alicyclic amines) is 2. The molecule has 1 aromatic rings. The average Bonchev–Trinajstić information content (AvgIpc) is 3.53. The van der Waals surface area contributed by atoms with Crippen molar-refractivity contribution >= 4 is 12.0 Å². The molecule has 4 nitrogen and oxygen atoms in total. The van der Waals surface area contributed by atoms with Gasteiger partial charge in [-0.25, -0.2) is 0 Å². The van der Waals surface area contributed by atoms with E-state index in [0.29, 0.717) is 18.0 Å². The van der Waals surface area contributed by atoms with Crippen LogP contribution in [0.25, 0.3) is 6.08 Å². The Morgan fingerprint density at radius 2 is 1.82 bits per heavy atom. The highest BCUT2D eigenvalue weighted by Gasteiger charge is 2.33. The Hall–Kier alpha value is -1.65. The van der Waals surface area contributed by atoms with E-state index in [9.17, 15) is 4.79 Å². The Kier molecular flexibility index (Phi) is 6.48. The summed E-state index contributed by atoms with van der Waals surface area (Å²) in [6.07, 6.45) is 9.36. The van der Waals surface area contributed by atoms with Crippen molar-refractivity contribution in [2.45, 2.75) is 57.5 Å². The lowest BCUT2D eigenvalue weighted by atomic mass is 9.93. The minimum absolute atomic E-state index is 0.212. The molecule has 1 unspecified atom stereocenters. The molecule has 1 saturated carbocycles. The molecule has 3 aliphatic rings. The summed E-state index contributed by atoms with van der Waals surface area (Å²) in [7, 11) is 0. The van der Waals surface area contributed by atoms with E-state index < -0.39 is 0 Å². The normalized spacial score (nSPS) is 25.6. The number of nitrogens with one attached hydrogen (secondary N) is 1. The zero-order valence-electron chi connectivity index (χ0n) is 17.3. The molecule has 28 heavy (non-hydrogen) atoms. The molecule has 0 aromatic heterocycles. The maximum absolute atomic E-state index is 12.4. The SMILES string of the molecule is CC(=Cc1ccccc1)CN1CCC(N2CCCC(C(=O)NC3CC3)C2)CC1. The summed E-state index contributed by atoms with van der Waals surface area (Å²) in [4.78, 5) is 17.7. The lowest BCUT2D eigenvalue weighted by Gasteiger charge is -2.42. The lowest BCUT2D eigenvalue weighted by molar-refractivity contribution is -0.127. The molecule has 1 amide bonds. The van der Waals surface area contributed by atoms with Gasteiger partial charge in [0.05, 0.1) is 5.92 Å². The summed E-state index contributed by atoms with van der Waals surface area (Å²) < 4.78 is 0. The molecule has 3 fully saturated rings. The van der Waals surface area contributed by atoms with Gasteiger partial charge in [0.15, 0.2) is 0 Å². The Balaban J connectivity index is 1.23. The fraction of sp³-hybridized carbons (Fsp3) is 0.625. The average molecular weight is 382 g/mol. The van der Waals surface area contributed by atoms with Gasteiger partial charge in [0.2, 0.25) is 5.91 Å². The molecule has 152 valence electrons. The zero-order valence-corrected chi connectivity index (χ0v) is 17.3. The fourth-order valence-electron chi connectivity index (χ4n) is 4.77. The highest BCUT2D eigenvalue weighted by molar-refractivity contribution is 5.79. The smallest absolute Gasteiger partial charge is 0.224 e. The van der Waals surface area contributed by atoms with E-state index in [1.165, 1.54) is 62.9 Å². The van der Waals surface area contributed by atoms with Crippen molar-refractivity contribution in [3.63, 3.8) is 0 Å². The van der Waals surface area contributed by atoms with Crippen molar-refractivity contribution in [2.75, 3.05) is 32.7 Å². The topological polar surface area (TPSA) is 35.6 Å². The van der Waals surface area contributed by atoms with Gasteiger partial charge < -0.3 is 5.32 Å². The second-order valence-electron chi connectivity index (χ2n) is 9.03. The molecule has 0 bridgehead atoms. The van der Waals surface area contributed by atoms with E-state index in [-0.39, 0.29) is 5.92 Å². The number of carbonyl (C=O) groups excluding carboxylic acids is 1. The van der Waals surface area contributed by atoms with Crippen molar-refractivity contribution in [2.24, 2.45) is 5.92 Å². The van der Waals surface area contributed by atoms with Crippen LogP contribution in [-0.4, -0.2) is 60.5 Å². The van der Waals surface area contributed by atoms with Crippen LogP contribution in [0, 0.1) is 5.92 Å². The number of benzene rings is 1. The minimum Gasteiger partial charge on any atom is -0.353 e. The molecule has 2 aliphatic heterocycles. The van der Waals surface area contributed by atoms with E-state index in [2.05, 4.69) is 58.4 Å². The Bertz CT molecular complexity index is 674. The molecule has 0 spiro atoms. The van der Waals surface area contributed by atoms with Gasteiger partial charge in [-0.05, 0) is 70.6 Å². The molecule has 1 atom stereocenters. The molecular weight excluding hydrogens is 346 g/mol. The monoisotopic (exact) mass is 381 g/mol. The molecule has 1 aliphatic carbocycles. The maximum Gasteiger partial charge on any atom is 0.224 e. The Morgan fingerprint density at radius 3 is 2.54 bits per heavy atom. The van der Waals surface area contributed by atoms with E-state index in [4.69, 9.17) is 0 Å². The van der Waals surface area contributed by atoms with Crippen molar-refractivity contribution in [3.8, 4) is 0 Å². The predicted molar refractivity (Wildman–Crippen MR) is 115 cm³/mol. The molecule has 0 radical (unpaired) electrons. The predicted octanol–water partition coefficient (Wildman–Crippen LogP) is 3.54. The highest BCUT2D eigenvalue weighted by Crippen LogP contribution is 2.26. The second-order valence-corrected chi connectivity index (χ2v) is 9.03. The maximum atomic E-state index is 12.4. The highest BCUT2D eigenvalue weighted by atomic mass is 16.2. The molecule has 1 aromatic carbocycles. The lowest BCUT2D eigenvalue weighted by Crippen LogP contribution is -2.51. The third kappa shape index (κ3) is 5.45. The van der Waals surface area contributed by atoms with Crippen LogP contribution in [0.5, 0.6) is 0 Å². The summed E-state index contributed by atoms with van der Waals surface area (Å²) in [5.74, 6) is 0.523. The first kappa shape index (κ1) is 19.7. The Labute approximate surface area is 170 Å². The minimum atomic E-state index is 0.212. The van der Waals surface area contributed by atoms with Crippen molar-refractivity contribution in [3.05, 3.63) is 41.5 Å². The number of piperidine rings is 2. The summed E-state index contributed by atoms with van der Waals surface area (Å²) >= 11 is 0.